The van der Waals surface area contributed by atoms with E-state index in [9.17, 15) is 9.59 Å². The minimum Gasteiger partial charge on any atom is -0.335 e. The second-order valence-corrected chi connectivity index (χ2v) is 6.84. The lowest BCUT2D eigenvalue weighted by Crippen LogP contribution is -2.50. The number of hydrogen-bond acceptors (Lipinski definition) is 3. The van der Waals surface area contributed by atoms with Gasteiger partial charge in [-0.25, -0.2) is 4.79 Å². The highest BCUT2D eigenvalue weighted by molar-refractivity contribution is 5.84. The molecule has 22 heavy (non-hydrogen) atoms. The van der Waals surface area contributed by atoms with Crippen molar-refractivity contribution in [2.75, 3.05) is 19.6 Å². The highest BCUT2D eigenvalue weighted by Crippen LogP contribution is 2.27. The Balaban J connectivity index is 1.44. The van der Waals surface area contributed by atoms with Crippen molar-refractivity contribution in [2.24, 2.45) is 0 Å². The summed E-state index contributed by atoms with van der Waals surface area (Å²) in [6, 6.07) is 0.752. The molecule has 3 aliphatic rings. The fraction of sp³-hybridized carbons (Fsp3) is 0.875. The van der Waals surface area contributed by atoms with Gasteiger partial charge in [-0.15, -0.1) is 0 Å². The molecule has 0 spiro atoms. The van der Waals surface area contributed by atoms with Gasteiger partial charge < -0.3 is 20.9 Å². The van der Waals surface area contributed by atoms with Crippen molar-refractivity contribution in [1.29, 1.82) is 0 Å². The van der Waals surface area contributed by atoms with E-state index in [1.807, 2.05) is 4.90 Å². The second-order valence-electron chi connectivity index (χ2n) is 6.84. The first-order chi connectivity index (χ1) is 10.7. The zero-order chi connectivity index (χ0) is 15.4. The first-order valence-electron chi connectivity index (χ1n) is 8.80. The number of amides is 3. The van der Waals surface area contributed by atoms with E-state index in [0.717, 1.165) is 45.2 Å². The number of carbonyl (C=O) groups is 2. The summed E-state index contributed by atoms with van der Waals surface area (Å²) < 4.78 is 0. The van der Waals surface area contributed by atoms with E-state index in [1.54, 1.807) is 0 Å². The molecule has 1 aliphatic carbocycles. The minimum absolute atomic E-state index is 0.0648. The molecule has 2 saturated heterocycles. The fourth-order valence-corrected chi connectivity index (χ4v) is 4.12. The molecule has 2 atom stereocenters. The van der Waals surface area contributed by atoms with Crippen LogP contribution in [0.4, 0.5) is 4.79 Å². The van der Waals surface area contributed by atoms with Gasteiger partial charge in [-0.2, -0.15) is 0 Å². The summed E-state index contributed by atoms with van der Waals surface area (Å²) in [5.74, 6) is 0.0648. The van der Waals surface area contributed by atoms with Crippen molar-refractivity contribution >= 4 is 11.9 Å². The summed E-state index contributed by atoms with van der Waals surface area (Å²) in [5.41, 5.74) is 0. The predicted molar refractivity (Wildman–Crippen MR) is 84.6 cm³/mol. The summed E-state index contributed by atoms with van der Waals surface area (Å²) in [5, 5.41) is 9.14. The van der Waals surface area contributed by atoms with Gasteiger partial charge in [0, 0.05) is 24.7 Å². The number of hydrogen-bond donors (Lipinski definition) is 3. The molecule has 0 radical (unpaired) electrons. The number of rotatable bonds is 3. The van der Waals surface area contributed by atoms with Crippen LogP contribution in [0.25, 0.3) is 0 Å². The van der Waals surface area contributed by atoms with Crippen molar-refractivity contribution in [1.82, 2.24) is 20.9 Å². The molecule has 3 N–H and O–H groups in total. The molecule has 3 fully saturated rings. The molecule has 6 nitrogen and oxygen atoms in total. The second kappa shape index (κ2) is 7.31. The Morgan fingerprint density at radius 2 is 1.77 bits per heavy atom. The summed E-state index contributed by atoms with van der Waals surface area (Å²) in [4.78, 5) is 26.4. The Labute approximate surface area is 132 Å². The number of fused-ring (bicyclic) bond motifs is 2. The first kappa shape index (κ1) is 15.6. The van der Waals surface area contributed by atoms with Crippen molar-refractivity contribution in [3.63, 3.8) is 0 Å². The van der Waals surface area contributed by atoms with E-state index in [0.29, 0.717) is 12.1 Å². The highest BCUT2D eigenvalue weighted by Gasteiger charge is 2.37. The van der Waals surface area contributed by atoms with E-state index in [2.05, 4.69) is 16.0 Å². The Kier molecular flexibility index (Phi) is 5.18. The monoisotopic (exact) mass is 308 g/mol. The molecule has 0 aromatic carbocycles. The molecule has 2 heterocycles. The average Bonchev–Trinajstić information content (AvgIpc) is 2.79. The third kappa shape index (κ3) is 3.72. The van der Waals surface area contributed by atoms with E-state index in [-0.39, 0.29) is 24.5 Å². The maximum Gasteiger partial charge on any atom is 0.315 e. The Bertz CT molecular complexity index is 395. The van der Waals surface area contributed by atoms with Gasteiger partial charge in [0.15, 0.2) is 0 Å². The van der Waals surface area contributed by atoms with Crippen LogP contribution in [0.3, 0.4) is 0 Å². The Morgan fingerprint density at radius 1 is 1.00 bits per heavy atom. The lowest BCUT2D eigenvalue weighted by atomic mass is 9.96. The van der Waals surface area contributed by atoms with E-state index in [4.69, 9.17) is 0 Å². The molecular formula is C16H28N4O2. The molecule has 2 unspecified atom stereocenters. The van der Waals surface area contributed by atoms with Crippen LogP contribution in [-0.2, 0) is 4.79 Å². The van der Waals surface area contributed by atoms with Crippen molar-refractivity contribution < 1.29 is 9.59 Å². The van der Waals surface area contributed by atoms with Gasteiger partial charge >= 0.3 is 6.03 Å². The Hall–Kier alpha value is -1.30. The molecule has 2 bridgehead atoms. The lowest BCUT2D eigenvalue weighted by molar-refractivity contribution is -0.132. The summed E-state index contributed by atoms with van der Waals surface area (Å²) >= 11 is 0. The van der Waals surface area contributed by atoms with Crippen LogP contribution in [0.15, 0.2) is 0 Å². The minimum atomic E-state index is -0.194. The zero-order valence-corrected chi connectivity index (χ0v) is 13.3. The standard InChI is InChI=1S/C16H28N4O2/c21-15(20-13-6-7-14(20)10-17-9-8-13)11-18-16(22)19-12-4-2-1-3-5-12/h12-14,17H,1-11H2,(H2,18,19,22). The van der Waals surface area contributed by atoms with Gasteiger partial charge in [0.05, 0.1) is 6.54 Å². The van der Waals surface area contributed by atoms with Crippen molar-refractivity contribution in [3.8, 4) is 0 Å². The van der Waals surface area contributed by atoms with Gasteiger partial charge in [-0.05, 0) is 38.6 Å². The number of carbonyl (C=O) groups excluding carboxylic acids is 2. The summed E-state index contributed by atoms with van der Waals surface area (Å²) in [7, 11) is 0. The molecule has 0 aromatic heterocycles. The third-order valence-electron chi connectivity index (χ3n) is 5.28. The number of urea groups is 1. The van der Waals surface area contributed by atoms with E-state index in [1.165, 1.54) is 19.3 Å². The van der Waals surface area contributed by atoms with Gasteiger partial charge in [-0.1, -0.05) is 19.3 Å². The maximum atomic E-state index is 12.5. The summed E-state index contributed by atoms with van der Waals surface area (Å²) in [6.07, 6.45) is 8.97. The lowest BCUT2D eigenvalue weighted by Gasteiger charge is -2.28. The maximum absolute atomic E-state index is 12.5. The van der Waals surface area contributed by atoms with Crippen LogP contribution < -0.4 is 16.0 Å². The largest absolute Gasteiger partial charge is 0.335 e. The molecule has 3 rings (SSSR count). The van der Waals surface area contributed by atoms with Crippen LogP contribution in [0.2, 0.25) is 0 Å². The van der Waals surface area contributed by atoms with Crippen LogP contribution in [-0.4, -0.2) is 54.6 Å². The molecule has 2 aliphatic heterocycles. The van der Waals surface area contributed by atoms with Gasteiger partial charge in [0.25, 0.3) is 0 Å². The average molecular weight is 308 g/mol. The smallest absolute Gasteiger partial charge is 0.315 e. The van der Waals surface area contributed by atoms with Crippen molar-refractivity contribution in [3.05, 3.63) is 0 Å². The van der Waals surface area contributed by atoms with E-state index < -0.39 is 0 Å². The highest BCUT2D eigenvalue weighted by atomic mass is 16.2. The van der Waals surface area contributed by atoms with Crippen LogP contribution in [0.5, 0.6) is 0 Å². The summed E-state index contributed by atoms with van der Waals surface area (Å²) in [6.45, 7) is 1.99. The van der Waals surface area contributed by atoms with Gasteiger partial charge in [-0.3, -0.25) is 4.79 Å². The third-order valence-corrected chi connectivity index (χ3v) is 5.28. The van der Waals surface area contributed by atoms with Crippen LogP contribution in [0.1, 0.15) is 51.4 Å². The van der Waals surface area contributed by atoms with Gasteiger partial charge in [0.2, 0.25) is 5.91 Å². The molecule has 3 amide bonds. The van der Waals surface area contributed by atoms with Gasteiger partial charge in [0.1, 0.15) is 0 Å². The zero-order valence-electron chi connectivity index (χ0n) is 13.3. The molecule has 1 saturated carbocycles. The molecule has 0 aromatic rings. The fourth-order valence-electron chi connectivity index (χ4n) is 4.12. The number of nitrogens with one attached hydrogen (secondary N) is 3. The van der Waals surface area contributed by atoms with Crippen LogP contribution in [0, 0.1) is 0 Å². The Morgan fingerprint density at radius 3 is 2.59 bits per heavy atom. The molecule has 124 valence electrons. The van der Waals surface area contributed by atoms with E-state index >= 15 is 0 Å². The number of nitrogens with zero attached hydrogens (tertiary/aromatic N) is 1. The predicted octanol–water partition coefficient (Wildman–Crippen LogP) is 0.971. The normalized spacial score (nSPS) is 29.0. The van der Waals surface area contributed by atoms with Crippen LogP contribution >= 0.6 is 0 Å². The van der Waals surface area contributed by atoms with Crippen molar-refractivity contribution in [2.45, 2.75) is 69.5 Å². The quantitative estimate of drug-likeness (QED) is 0.727. The first-order valence-corrected chi connectivity index (χ1v) is 8.80. The topological polar surface area (TPSA) is 73.5 Å². The molecule has 6 heteroatoms. The molecular weight excluding hydrogens is 280 g/mol. The SMILES string of the molecule is O=C(NCC(=O)N1C2CCNCC1CC2)NC1CCCCC1.